The number of hydrogen-bond acceptors (Lipinski definition) is 4. The lowest BCUT2D eigenvalue weighted by molar-refractivity contribution is 0.184. The largest absolute Gasteiger partial charge is 0.378 e. The Morgan fingerprint density at radius 1 is 1.50 bits per heavy atom. The van der Waals surface area contributed by atoms with Gasteiger partial charge in [0.15, 0.2) is 0 Å². The molecule has 0 amide bonds. The lowest BCUT2D eigenvalue weighted by Gasteiger charge is -1.99. The molecule has 1 aromatic rings. The third kappa shape index (κ3) is 3.36. The number of aryl methyl sites for hydroxylation is 1. The quantitative estimate of drug-likeness (QED) is 0.736. The van der Waals surface area contributed by atoms with Gasteiger partial charge in [-0.05, 0) is 19.9 Å². The minimum absolute atomic E-state index is 0.624. The van der Waals surface area contributed by atoms with Gasteiger partial charge in [-0.15, -0.1) is 11.3 Å². The van der Waals surface area contributed by atoms with Gasteiger partial charge in [0.05, 0.1) is 12.3 Å². The highest BCUT2D eigenvalue weighted by atomic mass is 32.1. The lowest BCUT2D eigenvalue weighted by Crippen LogP contribution is -2.13. The molecule has 0 spiro atoms. The molecule has 1 rings (SSSR count). The Balaban J connectivity index is 2.49. The van der Waals surface area contributed by atoms with Crippen LogP contribution in [-0.4, -0.2) is 18.6 Å². The molecule has 0 aromatic carbocycles. The van der Waals surface area contributed by atoms with E-state index in [1.165, 1.54) is 11.3 Å². The van der Waals surface area contributed by atoms with Crippen molar-refractivity contribution in [3.05, 3.63) is 15.6 Å². The van der Waals surface area contributed by atoms with Crippen molar-refractivity contribution in [2.75, 3.05) is 13.7 Å². The molecular weight excluding hydrogens is 196 g/mol. The maximum absolute atomic E-state index is 5.05. The van der Waals surface area contributed by atoms with Crippen LogP contribution >= 0.6 is 11.3 Å². The fourth-order valence-electron chi connectivity index (χ4n) is 1.22. The molecule has 0 unspecified atom stereocenters. The summed E-state index contributed by atoms with van der Waals surface area (Å²) in [4.78, 5) is 5.76. The zero-order chi connectivity index (χ0) is 10.4. The van der Waals surface area contributed by atoms with Crippen molar-refractivity contribution in [1.29, 1.82) is 0 Å². The molecule has 0 radical (unpaired) electrons. The number of hydrogen-bond donors (Lipinski definition) is 1. The van der Waals surface area contributed by atoms with E-state index in [1.807, 2.05) is 0 Å². The van der Waals surface area contributed by atoms with Crippen molar-refractivity contribution < 1.29 is 4.74 Å². The van der Waals surface area contributed by atoms with Gasteiger partial charge in [0.25, 0.3) is 0 Å². The summed E-state index contributed by atoms with van der Waals surface area (Å²) >= 11 is 1.74. The first-order chi connectivity index (χ1) is 6.77. The van der Waals surface area contributed by atoms with Crippen LogP contribution in [0.4, 0.5) is 0 Å². The highest BCUT2D eigenvalue weighted by Crippen LogP contribution is 2.18. The summed E-state index contributed by atoms with van der Waals surface area (Å²) in [6, 6.07) is 0. The van der Waals surface area contributed by atoms with Gasteiger partial charge in [-0.1, -0.05) is 6.92 Å². The van der Waals surface area contributed by atoms with Crippen LogP contribution in [0.2, 0.25) is 0 Å². The second kappa shape index (κ2) is 6.11. The van der Waals surface area contributed by atoms with Crippen LogP contribution in [0.25, 0.3) is 0 Å². The van der Waals surface area contributed by atoms with Crippen molar-refractivity contribution in [3.63, 3.8) is 0 Å². The number of methoxy groups -OCH3 is 1. The van der Waals surface area contributed by atoms with E-state index in [2.05, 4.69) is 24.1 Å². The summed E-state index contributed by atoms with van der Waals surface area (Å²) in [5, 5.41) is 4.45. The summed E-state index contributed by atoms with van der Waals surface area (Å²) < 4.78 is 5.05. The number of nitrogens with zero attached hydrogens (tertiary/aromatic N) is 1. The fraction of sp³-hybridized carbons (Fsp3) is 0.700. The zero-order valence-electron chi connectivity index (χ0n) is 9.09. The Morgan fingerprint density at radius 3 is 2.93 bits per heavy atom. The van der Waals surface area contributed by atoms with Crippen LogP contribution < -0.4 is 5.32 Å². The lowest BCUT2D eigenvalue weighted by atomic mass is 10.4. The number of nitrogens with one attached hydrogen (secondary N) is 1. The molecule has 0 aliphatic rings. The fourth-order valence-corrected chi connectivity index (χ4v) is 2.23. The molecule has 1 heterocycles. The number of ether oxygens (including phenoxy) is 1. The summed E-state index contributed by atoms with van der Waals surface area (Å²) in [7, 11) is 1.70. The van der Waals surface area contributed by atoms with Gasteiger partial charge in [-0.2, -0.15) is 0 Å². The maximum atomic E-state index is 5.05. The van der Waals surface area contributed by atoms with Crippen molar-refractivity contribution >= 4 is 11.3 Å². The third-order valence-electron chi connectivity index (χ3n) is 1.92. The molecule has 4 heteroatoms. The van der Waals surface area contributed by atoms with Crippen molar-refractivity contribution in [2.24, 2.45) is 0 Å². The van der Waals surface area contributed by atoms with Crippen LogP contribution in [0.15, 0.2) is 0 Å². The summed E-state index contributed by atoms with van der Waals surface area (Å²) in [5.41, 5.74) is 1.13. The second-order valence-corrected chi connectivity index (χ2v) is 4.39. The van der Waals surface area contributed by atoms with E-state index in [0.29, 0.717) is 6.61 Å². The predicted octanol–water partition coefficient (Wildman–Crippen LogP) is 2.10. The van der Waals surface area contributed by atoms with Gasteiger partial charge in [0.1, 0.15) is 5.01 Å². The van der Waals surface area contributed by atoms with E-state index < -0.39 is 0 Å². The molecule has 3 nitrogen and oxygen atoms in total. The van der Waals surface area contributed by atoms with Gasteiger partial charge in [-0.3, -0.25) is 0 Å². The molecule has 80 valence electrons. The van der Waals surface area contributed by atoms with Gasteiger partial charge in [0, 0.05) is 18.5 Å². The first-order valence-corrected chi connectivity index (χ1v) is 5.74. The molecule has 0 aliphatic heterocycles. The van der Waals surface area contributed by atoms with Crippen LogP contribution in [0.5, 0.6) is 0 Å². The molecule has 1 N–H and O–H groups in total. The third-order valence-corrected chi connectivity index (χ3v) is 3.05. The molecule has 0 bridgehead atoms. The highest BCUT2D eigenvalue weighted by molar-refractivity contribution is 7.11. The first kappa shape index (κ1) is 11.6. The average molecular weight is 214 g/mol. The second-order valence-electron chi connectivity index (χ2n) is 3.23. The Morgan fingerprint density at radius 2 is 2.29 bits per heavy atom. The molecule has 0 aliphatic carbocycles. The first-order valence-electron chi connectivity index (χ1n) is 4.92. The predicted molar refractivity (Wildman–Crippen MR) is 59.6 cm³/mol. The monoisotopic (exact) mass is 214 g/mol. The number of rotatable bonds is 6. The highest BCUT2D eigenvalue weighted by Gasteiger charge is 2.06. The van der Waals surface area contributed by atoms with E-state index in [-0.39, 0.29) is 0 Å². The van der Waals surface area contributed by atoms with E-state index in [9.17, 15) is 0 Å². The average Bonchev–Trinajstić information content (AvgIpc) is 2.48. The molecule has 0 saturated heterocycles. The van der Waals surface area contributed by atoms with E-state index >= 15 is 0 Å². The maximum Gasteiger partial charge on any atom is 0.119 e. The number of aromatic nitrogens is 1. The smallest absolute Gasteiger partial charge is 0.119 e. The van der Waals surface area contributed by atoms with Crippen LogP contribution in [0.3, 0.4) is 0 Å². The Hall–Kier alpha value is -0.450. The Labute approximate surface area is 89.5 Å². The van der Waals surface area contributed by atoms with Crippen molar-refractivity contribution in [1.82, 2.24) is 10.3 Å². The molecular formula is C10H18N2OS. The molecule has 1 aromatic heterocycles. The van der Waals surface area contributed by atoms with Gasteiger partial charge in [-0.25, -0.2) is 4.98 Å². The van der Waals surface area contributed by atoms with E-state index in [0.717, 1.165) is 23.8 Å². The van der Waals surface area contributed by atoms with Crippen molar-refractivity contribution in [3.8, 4) is 0 Å². The standard InChI is InChI=1S/C10H18N2OS/c1-4-5-11-6-9-8(2)12-10(14-9)7-13-3/h11H,4-7H2,1-3H3. The van der Waals surface area contributed by atoms with Crippen LogP contribution in [0.1, 0.15) is 28.9 Å². The zero-order valence-corrected chi connectivity index (χ0v) is 9.91. The minimum atomic E-state index is 0.624. The van der Waals surface area contributed by atoms with Gasteiger partial charge >= 0.3 is 0 Å². The summed E-state index contributed by atoms with van der Waals surface area (Å²) in [6.45, 7) is 6.85. The normalized spacial score (nSPS) is 10.8. The Kier molecular flexibility index (Phi) is 5.07. The minimum Gasteiger partial charge on any atom is -0.378 e. The van der Waals surface area contributed by atoms with Crippen LogP contribution in [-0.2, 0) is 17.9 Å². The molecule has 0 fully saturated rings. The van der Waals surface area contributed by atoms with Crippen molar-refractivity contribution in [2.45, 2.75) is 33.4 Å². The summed E-state index contributed by atoms with van der Waals surface area (Å²) in [6.07, 6.45) is 1.17. The van der Waals surface area contributed by atoms with E-state index in [1.54, 1.807) is 18.4 Å². The van der Waals surface area contributed by atoms with Crippen LogP contribution in [0, 0.1) is 6.92 Å². The SMILES string of the molecule is CCCNCc1sc(COC)nc1C. The number of thiazole rings is 1. The topological polar surface area (TPSA) is 34.1 Å². The Bertz CT molecular complexity index is 273. The molecule has 0 saturated carbocycles. The summed E-state index contributed by atoms with van der Waals surface area (Å²) in [5.74, 6) is 0. The van der Waals surface area contributed by atoms with E-state index in [4.69, 9.17) is 4.74 Å². The van der Waals surface area contributed by atoms with Gasteiger partial charge in [0.2, 0.25) is 0 Å². The molecule has 14 heavy (non-hydrogen) atoms. The molecule has 0 atom stereocenters. The van der Waals surface area contributed by atoms with Gasteiger partial charge < -0.3 is 10.1 Å².